The van der Waals surface area contributed by atoms with Gasteiger partial charge in [-0.25, -0.2) is 0 Å². The third kappa shape index (κ3) is 6.59. The maximum atomic E-state index is 6.47. The Morgan fingerprint density at radius 2 is 0.806 bits per heavy atom. The number of rotatable bonds is 8. The van der Waals surface area contributed by atoms with E-state index >= 15 is 0 Å². The summed E-state index contributed by atoms with van der Waals surface area (Å²) in [5.74, 6) is 0. The van der Waals surface area contributed by atoms with Gasteiger partial charge in [-0.1, -0.05) is 194 Å². The number of benzene rings is 11. The lowest BCUT2D eigenvalue weighted by molar-refractivity contribution is 0.670. The summed E-state index contributed by atoms with van der Waals surface area (Å²) in [6.45, 7) is 0. The summed E-state index contributed by atoms with van der Waals surface area (Å²) in [6.07, 6.45) is 0. The Hall–Kier alpha value is -8.92. The fourth-order valence-electron chi connectivity index (χ4n) is 10.3. The summed E-state index contributed by atoms with van der Waals surface area (Å²) in [5, 5.41) is 7.24. The number of nitrogens with zero attached hydrogens (tertiary/aromatic N) is 2. The van der Waals surface area contributed by atoms with Crippen LogP contribution in [0, 0.1) is 0 Å². The molecule has 0 unspecified atom stereocenters. The predicted octanol–water partition coefficient (Wildman–Crippen LogP) is 18.0. The van der Waals surface area contributed by atoms with E-state index in [1.165, 1.54) is 54.8 Å². The number of furan rings is 1. The van der Waals surface area contributed by atoms with E-state index in [4.69, 9.17) is 4.42 Å². The lowest BCUT2D eigenvalue weighted by Gasteiger charge is -2.27. The minimum Gasteiger partial charge on any atom is -0.455 e. The van der Waals surface area contributed by atoms with Crippen LogP contribution in [-0.2, 0) is 0 Å². The molecule has 314 valence electrons. The Labute approximate surface area is 388 Å². The minimum atomic E-state index is 0.901. The lowest BCUT2D eigenvalue weighted by atomic mass is 9.97. The molecule has 2 aromatic heterocycles. The monoisotopic (exact) mass is 854 g/mol. The van der Waals surface area contributed by atoms with Gasteiger partial charge in [0.15, 0.2) is 0 Å². The molecule has 11 aromatic carbocycles. The summed E-state index contributed by atoms with van der Waals surface area (Å²) < 4.78 is 8.88. The highest BCUT2D eigenvalue weighted by molar-refractivity contribution is 6.11. The smallest absolute Gasteiger partial charge is 0.143 e. The average molecular weight is 855 g/mol. The van der Waals surface area contributed by atoms with Crippen molar-refractivity contribution in [1.82, 2.24) is 4.57 Å². The number of anilines is 3. The van der Waals surface area contributed by atoms with E-state index in [1.807, 2.05) is 12.1 Å². The molecule has 0 saturated carbocycles. The van der Waals surface area contributed by atoms with E-state index in [0.717, 1.165) is 66.9 Å². The van der Waals surface area contributed by atoms with Gasteiger partial charge in [0.25, 0.3) is 0 Å². The largest absolute Gasteiger partial charge is 0.455 e. The lowest BCUT2D eigenvalue weighted by Crippen LogP contribution is -2.10. The number of hydrogen-bond acceptors (Lipinski definition) is 2. The molecule has 0 amide bonds. The van der Waals surface area contributed by atoms with Crippen molar-refractivity contribution in [1.29, 1.82) is 0 Å². The molecular weight excluding hydrogens is 813 g/mol. The molecule has 0 fully saturated rings. The van der Waals surface area contributed by atoms with Crippen LogP contribution in [-0.4, -0.2) is 4.57 Å². The summed E-state index contributed by atoms with van der Waals surface area (Å²) >= 11 is 0. The second kappa shape index (κ2) is 16.0. The van der Waals surface area contributed by atoms with Gasteiger partial charge < -0.3 is 13.9 Å². The first-order valence-corrected chi connectivity index (χ1v) is 22.9. The second-order valence-electron chi connectivity index (χ2n) is 17.3. The van der Waals surface area contributed by atoms with Gasteiger partial charge in [0.1, 0.15) is 11.2 Å². The van der Waals surface area contributed by atoms with Crippen LogP contribution in [0.4, 0.5) is 17.1 Å². The molecule has 0 aliphatic heterocycles. The summed E-state index contributed by atoms with van der Waals surface area (Å²) in [5.41, 5.74) is 17.8. The minimum absolute atomic E-state index is 0.901. The fraction of sp³-hybridized carbons (Fsp3) is 0. The molecule has 13 aromatic rings. The molecule has 0 radical (unpaired) electrons. The molecular formula is C64H42N2O. The van der Waals surface area contributed by atoms with Crippen molar-refractivity contribution in [3.05, 3.63) is 255 Å². The maximum absolute atomic E-state index is 6.47. The van der Waals surface area contributed by atoms with Crippen LogP contribution < -0.4 is 4.90 Å². The number of hydrogen-bond donors (Lipinski definition) is 0. The molecule has 2 heterocycles. The van der Waals surface area contributed by atoms with Crippen LogP contribution in [0.15, 0.2) is 259 Å². The Kier molecular flexibility index (Phi) is 9.17. The highest BCUT2D eigenvalue weighted by Gasteiger charge is 2.19. The van der Waals surface area contributed by atoms with Crippen molar-refractivity contribution < 1.29 is 4.42 Å². The van der Waals surface area contributed by atoms with Gasteiger partial charge in [0, 0.05) is 49.7 Å². The van der Waals surface area contributed by atoms with Crippen molar-refractivity contribution in [3.63, 3.8) is 0 Å². The summed E-state index contributed by atoms with van der Waals surface area (Å²) in [6, 6.07) is 91.9. The molecule has 0 aliphatic rings. The van der Waals surface area contributed by atoms with Crippen LogP contribution in [0.3, 0.4) is 0 Å². The summed E-state index contributed by atoms with van der Waals surface area (Å²) in [4.78, 5) is 2.38. The molecule has 0 N–H and O–H groups in total. The van der Waals surface area contributed by atoms with Crippen molar-refractivity contribution >= 4 is 71.6 Å². The van der Waals surface area contributed by atoms with E-state index in [0.29, 0.717) is 0 Å². The first kappa shape index (κ1) is 38.5. The molecule has 0 spiro atoms. The van der Waals surface area contributed by atoms with Gasteiger partial charge in [-0.3, -0.25) is 0 Å². The molecule has 67 heavy (non-hydrogen) atoms. The number of para-hydroxylation sites is 5. The molecule has 0 atom stereocenters. The Morgan fingerprint density at radius 1 is 0.299 bits per heavy atom. The highest BCUT2D eigenvalue weighted by Crippen LogP contribution is 2.42. The maximum Gasteiger partial charge on any atom is 0.143 e. The topological polar surface area (TPSA) is 21.3 Å². The average Bonchev–Trinajstić information content (AvgIpc) is 3.95. The molecule has 0 saturated heterocycles. The van der Waals surface area contributed by atoms with Crippen LogP contribution in [0.25, 0.3) is 105 Å². The van der Waals surface area contributed by atoms with Gasteiger partial charge in [-0.15, -0.1) is 0 Å². The Balaban J connectivity index is 0.900. The van der Waals surface area contributed by atoms with Crippen LogP contribution >= 0.6 is 0 Å². The van der Waals surface area contributed by atoms with Crippen LogP contribution in [0.2, 0.25) is 0 Å². The molecule has 13 rings (SSSR count). The fourth-order valence-corrected chi connectivity index (χ4v) is 10.3. The van der Waals surface area contributed by atoms with Gasteiger partial charge >= 0.3 is 0 Å². The first-order valence-electron chi connectivity index (χ1n) is 22.9. The van der Waals surface area contributed by atoms with Gasteiger partial charge in [-0.2, -0.15) is 0 Å². The van der Waals surface area contributed by atoms with Crippen molar-refractivity contribution in [2.24, 2.45) is 0 Å². The quantitative estimate of drug-likeness (QED) is 0.152. The van der Waals surface area contributed by atoms with Gasteiger partial charge in [-0.05, 0) is 105 Å². The summed E-state index contributed by atoms with van der Waals surface area (Å²) in [7, 11) is 0. The van der Waals surface area contributed by atoms with Crippen molar-refractivity contribution in [2.75, 3.05) is 4.90 Å². The van der Waals surface area contributed by atoms with E-state index < -0.39 is 0 Å². The number of aromatic nitrogens is 1. The molecule has 3 heteroatoms. The Morgan fingerprint density at radius 3 is 1.58 bits per heavy atom. The molecule has 0 bridgehead atoms. The van der Waals surface area contributed by atoms with Crippen molar-refractivity contribution in [2.45, 2.75) is 0 Å². The zero-order valence-electron chi connectivity index (χ0n) is 36.6. The standard InChI is InChI=1S/C64H42N2O/c1-2-21-52-44(15-1)16-13-26-53(52)48-18-12-20-51(42-48)65(49-39-37-46(38-40-49)55-27-14-28-59-58-25-6-10-32-63(58)67-64(55)59)50-19-11-17-47(41-50)43-33-35-45(36-34-43)54-22-3-7-29-60(54)66-61-30-8-4-23-56(61)57-24-5-9-31-62(57)66/h1-42H. The van der Waals surface area contributed by atoms with E-state index in [1.54, 1.807) is 0 Å². The predicted molar refractivity (Wildman–Crippen MR) is 282 cm³/mol. The second-order valence-corrected chi connectivity index (χ2v) is 17.3. The van der Waals surface area contributed by atoms with E-state index in [-0.39, 0.29) is 0 Å². The third-order valence-electron chi connectivity index (χ3n) is 13.4. The zero-order valence-corrected chi connectivity index (χ0v) is 36.6. The van der Waals surface area contributed by atoms with Crippen molar-refractivity contribution in [3.8, 4) is 50.2 Å². The normalized spacial score (nSPS) is 11.6. The van der Waals surface area contributed by atoms with E-state index in [9.17, 15) is 0 Å². The van der Waals surface area contributed by atoms with Crippen LogP contribution in [0.1, 0.15) is 0 Å². The van der Waals surface area contributed by atoms with Crippen LogP contribution in [0.5, 0.6) is 0 Å². The SMILES string of the molecule is c1cc(-c2ccc(-c3ccccc3-n3c4ccccc4c4ccccc43)cc2)cc(N(c2ccc(-c3cccc4c3oc3ccccc34)cc2)c2cccc(-c3cccc4ccccc34)c2)c1. The highest BCUT2D eigenvalue weighted by atomic mass is 16.3. The zero-order chi connectivity index (χ0) is 44.3. The number of fused-ring (bicyclic) bond motifs is 7. The first-order chi connectivity index (χ1) is 33.2. The molecule has 0 aliphatic carbocycles. The van der Waals surface area contributed by atoms with Gasteiger partial charge in [0.2, 0.25) is 0 Å². The molecule has 3 nitrogen and oxygen atoms in total. The van der Waals surface area contributed by atoms with Gasteiger partial charge in [0.05, 0.1) is 16.7 Å². The Bertz CT molecular complexity index is 3930. The third-order valence-corrected chi connectivity index (χ3v) is 13.4. The van der Waals surface area contributed by atoms with E-state index in [2.05, 4.69) is 252 Å².